The Kier molecular flexibility index (Phi) is 4.47. The van der Waals surface area contributed by atoms with E-state index in [9.17, 15) is 9.59 Å². The van der Waals surface area contributed by atoms with Gasteiger partial charge in [0.15, 0.2) is 0 Å². The molecule has 0 aliphatic carbocycles. The topological polar surface area (TPSA) is 52.6 Å². The molecular formula is C7H8O4. The fourth-order valence-corrected chi connectivity index (χ4v) is 0.263. The molecule has 0 saturated carbocycles. The molecule has 0 rings (SSSR count). The van der Waals surface area contributed by atoms with Gasteiger partial charge >= 0.3 is 11.9 Å². The zero-order valence-electron chi connectivity index (χ0n) is 5.91. The van der Waals surface area contributed by atoms with Crippen molar-refractivity contribution in [3.05, 3.63) is 25.3 Å². The van der Waals surface area contributed by atoms with Crippen LogP contribution in [0.4, 0.5) is 0 Å². The Morgan fingerprint density at radius 1 is 1.09 bits per heavy atom. The maximum Gasteiger partial charge on any atom is 0.333 e. The standard InChI is InChI=1S/C7H8O4/c1-3-6(8)10-5-11-7(9)4-2/h3-4H,1-2,5H2. The molecule has 60 valence electrons. The average molecular weight is 156 g/mol. The lowest BCUT2D eigenvalue weighted by atomic mass is 10.7. The quantitative estimate of drug-likeness (QED) is 0.336. The zero-order chi connectivity index (χ0) is 8.69. The highest BCUT2D eigenvalue weighted by atomic mass is 16.7. The molecule has 0 radical (unpaired) electrons. The van der Waals surface area contributed by atoms with E-state index in [0.717, 1.165) is 12.2 Å². The summed E-state index contributed by atoms with van der Waals surface area (Å²) in [6, 6.07) is 0. The molecule has 0 aromatic carbocycles. The van der Waals surface area contributed by atoms with Crippen LogP contribution < -0.4 is 0 Å². The summed E-state index contributed by atoms with van der Waals surface area (Å²) in [5.74, 6) is -1.27. The first-order valence-electron chi connectivity index (χ1n) is 2.79. The Hall–Kier alpha value is -1.58. The summed E-state index contributed by atoms with van der Waals surface area (Å²) in [5, 5.41) is 0. The van der Waals surface area contributed by atoms with E-state index in [-0.39, 0.29) is 0 Å². The Labute approximate surface area is 64.1 Å². The van der Waals surface area contributed by atoms with Gasteiger partial charge in [-0.15, -0.1) is 0 Å². The predicted octanol–water partition coefficient (Wildman–Crippen LogP) is 0.402. The first kappa shape index (κ1) is 9.42. The van der Waals surface area contributed by atoms with Crippen LogP contribution in [-0.2, 0) is 19.1 Å². The molecule has 0 amide bonds. The van der Waals surface area contributed by atoms with Crippen molar-refractivity contribution in [3.63, 3.8) is 0 Å². The summed E-state index contributed by atoms with van der Waals surface area (Å²) in [6.45, 7) is 5.88. The van der Waals surface area contributed by atoms with Crippen molar-refractivity contribution in [1.82, 2.24) is 0 Å². The highest BCUT2D eigenvalue weighted by molar-refractivity contribution is 5.82. The van der Waals surface area contributed by atoms with E-state index in [1.54, 1.807) is 0 Å². The number of carbonyl (C=O) groups is 2. The van der Waals surface area contributed by atoms with Crippen LogP contribution in [0.2, 0.25) is 0 Å². The second-order valence-electron chi connectivity index (χ2n) is 1.45. The van der Waals surface area contributed by atoms with Crippen molar-refractivity contribution in [2.75, 3.05) is 6.79 Å². The minimum absolute atomic E-state index is 0.407. The number of ether oxygens (including phenoxy) is 2. The Morgan fingerprint density at radius 3 is 1.73 bits per heavy atom. The van der Waals surface area contributed by atoms with Crippen LogP contribution in [0.15, 0.2) is 25.3 Å². The van der Waals surface area contributed by atoms with Crippen LogP contribution in [0, 0.1) is 0 Å². The monoisotopic (exact) mass is 156 g/mol. The lowest BCUT2D eigenvalue weighted by molar-refractivity contribution is -0.160. The first-order chi connectivity index (χ1) is 5.20. The van der Waals surface area contributed by atoms with Gasteiger partial charge in [-0.05, 0) is 0 Å². The van der Waals surface area contributed by atoms with Gasteiger partial charge in [0.2, 0.25) is 6.79 Å². The largest absolute Gasteiger partial charge is 0.425 e. The van der Waals surface area contributed by atoms with Crippen molar-refractivity contribution in [2.24, 2.45) is 0 Å². The molecule has 0 aromatic heterocycles. The lowest BCUT2D eigenvalue weighted by Crippen LogP contribution is -2.08. The summed E-state index contributed by atoms with van der Waals surface area (Å²) in [6.07, 6.45) is 1.95. The fourth-order valence-electron chi connectivity index (χ4n) is 0.263. The minimum atomic E-state index is -0.637. The van der Waals surface area contributed by atoms with Gasteiger partial charge in [0, 0.05) is 12.2 Å². The molecule has 0 atom stereocenters. The van der Waals surface area contributed by atoms with Crippen molar-refractivity contribution in [1.29, 1.82) is 0 Å². The maximum absolute atomic E-state index is 10.3. The molecule has 0 fully saturated rings. The van der Waals surface area contributed by atoms with Crippen molar-refractivity contribution in [3.8, 4) is 0 Å². The van der Waals surface area contributed by atoms with Crippen molar-refractivity contribution < 1.29 is 19.1 Å². The van der Waals surface area contributed by atoms with E-state index < -0.39 is 18.7 Å². The van der Waals surface area contributed by atoms with Gasteiger partial charge in [0.1, 0.15) is 0 Å². The Balaban J connectivity index is 3.41. The van der Waals surface area contributed by atoms with Gasteiger partial charge in [0.05, 0.1) is 0 Å². The third-order valence-electron chi connectivity index (χ3n) is 0.736. The van der Waals surface area contributed by atoms with Crippen molar-refractivity contribution in [2.45, 2.75) is 0 Å². The molecule has 4 nitrogen and oxygen atoms in total. The third kappa shape index (κ3) is 4.90. The predicted molar refractivity (Wildman–Crippen MR) is 37.4 cm³/mol. The molecule has 0 bridgehead atoms. The average Bonchev–Trinajstić information content (AvgIpc) is 2.04. The van der Waals surface area contributed by atoms with Gasteiger partial charge in [-0.2, -0.15) is 0 Å². The van der Waals surface area contributed by atoms with Gasteiger partial charge in [0.25, 0.3) is 0 Å². The fraction of sp³-hybridized carbons (Fsp3) is 0.143. The Morgan fingerprint density at radius 2 is 1.45 bits per heavy atom. The van der Waals surface area contributed by atoms with Gasteiger partial charge in [-0.3, -0.25) is 0 Å². The molecule has 0 heterocycles. The van der Waals surface area contributed by atoms with E-state index in [2.05, 4.69) is 22.6 Å². The summed E-state index contributed by atoms with van der Waals surface area (Å²) >= 11 is 0. The highest BCUT2D eigenvalue weighted by Crippen LogP contribution is 1.83. The summed E-state index contributed by atoms with van der Waals surface area (Å²) < 4.78 is 8.63. The molecule has 0 aliphatic rings. The van der Waals surface area contributed by atoms with Crippen LogP contribution in [-0.4, -0.2) is 18.7 Å². The molecule has 0 aliphatic heterocycles. The van der Waals surface area contributed by atoms with E-state index in [4.69, 9.17) is 0 Å². The lowest BCUT2D eigenvalue weighted by Gasteiger charge is -2.00. The SMILES string of the molecule is C=CC(=O)OCOC(=O)C=C. The molecular weight excluding hydrogens is 148 g/mol. The number of hydrogen-bond donors (Lipinski definition) is 0. The van der Waals surface area contributed by atoms with Crippen molar-refractivity contribution >= 4 is 11.9 Å². The van der Waals surface area contributed by atoms with Crippen LogP contribution >= 0.6 is 0 Å². The molecule has 0 saturated heterocycles. The van der Waals surface area contributed by atoms with E-state index >= 15 is 0 Å². The highest BCUT2D eigenvalue weighted by Gasteiger charge is 1.97. The number of esters is 2. The molecule has 0 unspecified atom stereocenters. The van der Waals surface area contributed by atoms with E-state index in [1.165, 1.54) is 0 Å². The van der Waals surface area contributed by atoms with Gasteiger partial charge in [-0.25, -0.2) is 9.59 Å². The summed E-state index contributed by atoms with van der Waals surface area (Å²) in [5.41, 5.74) is 0. The van der Waals surface area contributed by atoms with Crippen LogP contribution in [0.1, 0.15) is 0 Å². The molecule has 11 heavy (non-hydrogen) atoms. The van der Waals surface area contributed by atoms with Crippen LogP contribution in [0.3, 0.4) is 0 Å². The molecule has 4 heteroatoms. The third-order valence-corrected chi connectivity index (χ3v) is 0.736. The molecule has 0 spiro atoms. The van der Waals surface area contributed by atoms with Gasteiger partial charge in [-0.1, -0.05) is 13.2 Å². The normalized spacial score (nSPS) is 8.00. The minimum Gasteiger partial charge on any atom is -0.425 e. The summed E-state index contributed by atoms with van der Waals surface area (Å²) in [4.78, 5) is 20.6. The summed E-state index contributed by atoms with van der Waals surface area (Å²) in [7, 11) is 0. The van der Waals surface area contributed by atoms with Gasteiger partial charge < -0.3 is 9.47 Å². The van der Waals surface area contributed by atoms with E-state index in [0.29, 0.717) is 0 Å². The number of hydrogen-bond acceptors (Lipinski definition) is 4. The number of rotatable bonds is 4. The second-order valence-corrected chi connectivity index (χ2v) is 1.45. The smallest absolute Gasteiger partial charge is 0.333 e. The number of carbonyl (C=O) groups excluding carboxylic acids is 2. The maximum atomic E-state index is 10.3. The first-order valence-corrected chi connectivity index (χ1v) is 2.79. The van der Waals surface area contributed by atoms with Crippen LogP contribution in [0.5, 0.6) is 0 Å². The van der Waals surface area contributed by atoms with E-state index in [1.807, 2.05) is 0 Å². The zero-order valence-corrected chi connectivity index (χ0v) is 5.91. The van der Waals surface area contributed by atoms with Crippen LogP contribution in [0.25, 0.3) is 0 Å². The second kappa shape index (κ2) is 5.22. The molecule has 0 N–H and O–H groups in total. The molecule has 0 aromatic rings. The Bertz CT molecular complexity index is 163.